The predicted molar refractivity (Wildman–Crippen MR) is 87.1 cm³/mol. The number of carbonyl (C=O) groups is 1. The second kappa shape index (κ2) is 7.09. The number of piperidine rings is 1. The summed E-state index contributed by atoms with van der Waals surface area (Å²) < 4.78 is 5.39. The van der Waals surface area contributed by atoms with E-state index in [2.05, 4.69) is 22.1 Å². The van der Waals surface area contributed by atoms with Gasteiger partial charge in [-0.3, -0.25) is 4.79 Å². The van der Waals surface area contributed by atoms with Crippen molar-refractivity contribution in [1.29, 1.82) is 0 Å². The van der Waals surface area contributed by atoms with Gasteiger partial charge in [0.2, 0.25) is 0 Å². The molecule has 0 spiro atoms. The summed E-state index contributed by atoms with van der Waals surface area (Å²) in [5.74, 6) is 0.957. The van der Waals surface area contributed by atoms with E-state index < -0.39 is 0 Å². The van der Waals surface area contributed by atoms with E-state index in [4.69, 9.17) is 4.74 Å². The van der Waals surface area contributed by atoms with Crippen molar-refractivity contribution in [3.05, 3.63) is 18.3 Å². The van der Waals surface area contributed by atoms with Crippen molar-refractivity contribution in [3.8, 4) is 0 Å². The van der Waals surface area contributed by atoms with Gasteiger partial charge in [0.25, 0.3) is 5.91 Å². The molecule has 5 nitrogen and oxygen atoms in total. The molecule has 22 heavy (non-hydrogen) atoms. The summed E-state index contributed by atoms with van der Waals surface area (Å²) >= 11 is 0. The summed E-state index contributed by atoms with van der Waals surface area (Å²) in [5, 5.41) is 2.89. The summed E-state index contributed by atoms with van der Waals surface area (Å²) in [6, 6.07) is 4.55. The van der Waals surface area contributed by atoms with Gasteiger partial charge in [-0.2, -0.15) is 0 Å². The molecule has 0 aromatic carbocycles. The molecule has 1 aromatic heterocycles. The number of hydrogen-bond donors (Lipinski definition) is 1. The van der Waals surface area contributed by atoms with Crippen LogP contribution in [0.2, 0.25) is 0 Å². The molecule has 2 atom stereocenters. The first-order valence-electron chi connectivity index (χ1n) is 8.43. The first kappa shape index (κ1) is 15.3. The van der Waals surface area contributed by atoms with Crippen molar-refractivity contribution in [3.63, 3.8) is 0 Å². The van der Waals surface area contributed by atoms with E-state index in [1.54, 1.807) is 6.20 Å². The molecule has 0 saturated carbocycles. The van der Waals surface area contributed by atoms with Crippen LogP contribution in [0.4, 0.5) is 11.5 Å². The molecular weight excluding hydrogens is 278 g/mol. The van der Waals surface area contributed by atoms with Crippen LogP contribution in [0.25, 0.3) is 0 Å². The van der Waals surface area contributed by atoms with Gasteiger partial charge in [-0.1, -0.05) is 6.92 Å². The lowest BCUT2D eigenvalue weighted by atomic mass is 10.00. The highest BCUT2D eigenvalue weighted by Crippen LogP contribution is 2.25. The Hall–Kier alpha value is -1.62. The summed E-state index contributed by atoms with van der Waals surface area (Å²) in [4.78, 5) is 19.0. The molecule has 120 valence electrons. The zero-order valence-electron chi connectivity index (χ0n) is 13.3. The largest absolute Gasteiger partial charge is 0.368 e. The van der Waals surface area contributed by atoms with Gasteiger partial charge in [-0.15, -0.1) is 0 Å². The SMILES string of the molecule is CCC1CCCCN1c1ccc(NC(=O)C2CCCO2)cn1. The number of hydrogen-bond acceptors (Lipinski definition) is 4. The quantitative estimate of drug-likeness (QED) is 0.929. The second-order valence-electron chi connectivity index (χ2n) is 6.15. The van der Waals surface area contributed by atoms with Crippen molar-refractivity contribution in [2.45, 2.75) is 57.6 Å². The van der Waals surface area contributed by atoms with Crippen LogP contribution in [0.5, 0.6) is 0 Å². The summed E-state index contributed by atoms with van der Waals surface area (Å²) in [5.41, 5.74) is 0.745. The summed E-state index contributed by atoms with van der Waals surface area (Å²) in [6.45, 7) is 3.99. The molecule has 0 aliphatic carbocycles. The highest BCUT2D eigenvalue weighted by Gasteiger charge is 2.24. The highest BCUT2D eigenvalue weighted by atomic mass is 16.5. The van der Waals surface area contributed by atoms with Crippen molar-refractivity contribution < 1.29 is 9.53 Å². The molecule has 2 fully saturated rings. The van der Waals surface area contributed by atoms with Crippen LogP contribution in [0.15, 0.2) is 18.3 Å². The standard InChI is InChI=1S/C17H25N3O2/c1-2-14-6-3-4-10-20(14)16-9-8-13(12-18-16)19-17(21)15-7-5-11-22-15/h8-9,12,14-15H,2-7,10-11H2,1H3,(H,19,21). The normalized spacial score (nSPS) is 25.2. The Morgan fingerprint density at radius 1 is 1.36 bits per heavy atom. The van der Waals surface area contributed by atoms with Crippen LogP contribution in [0.1, 0.15) is 45.4 Å². The third-order valence-corrected chi connectivity index (χ3v) is 4.63. The molecule has 5 heteroatoms. The van der Waals surface area contributed by atoms with Gasteiger partial charge in [-0.25, -0.2) is 4.98 Å². The van der Waals surface area contributed by atoms with E-state index >= 15 is 0 Å². The smallest absolute Gasteiger partial charge is 0.253 e. The number of nitrogens with zero attached hydrogens (tertiary/aromatic N) is 2. The number of ether oxygens (including phenoxy) is 1. The van der Waals surface area contributed by atoms with Crippen LogP contribution in [-0.4, -0.2) is 36.2 Å². The van der Waals surface area contributed by atoms with Crippen molar-refractivity contribution in [1.82, 2.24) is 4.98 Å². The van der Waals surface area contributed by atoms with E-state index in [-0.39, 0.29) is 12.0 Å². The fourth-order valence-corrected chi connectivity index (χ4v) is 3.36. The fourth-order valence-electron chi connectivity index (χ4n) is 3.36. The zero-order chi connectivity index (χ0) is 15.4. The van der Waals surface area contributed by atoms with E-state index in [0.29, 0.717) is 12.6 Å². The van der Waals surface area contributed by atoms with Crippen LogP contribution in [0, 0.1) is 0 Å². The average Bonchev–Trinajstić information content (AvgIpc) is 3.10. The van der Waals surface area contributed by atoms with Crippen molar-refractivity contribution >= 4 is 17.4 Å². The molecule has 2 aliphatic heterocycles. The number of rotatable bonds is 4. The lowest BCUT2D eigenvalue weighted by molar-refractivity contribution is -0.124. The Morgan fingerprint density at radius 3 is 2.95 bits per heavy atom. The van der Waals surface area contributed by atoms with E-state index in [1.807, 2.05) is 12.1 Å². The fraction of sp³-hybridized carbons (Fsp3) is 0.647. The van der Waals surface area contributed by atoms with Crippen molar-refractivity contribution in [2.75, 3.05) is 23.4 Å². The molecule has 2 saturated heterocycles. The average molecular weight is 303 g/mol. The first-order chi connectivity index (χ1) is 10.8. The molecule has 0 radical (unpaired) electrons. The molecule has 0 bridgehead atoms. The topological polar surface area (TPSA) is 54.5 Å². The Kier molecular flexibility index (Phi) is 4.93. The Balaban J connectivity index is 1.63. The molecular formula is C17H25N3O2. The predicted octanol–water partition coefficient (Wildman–Crippen LogP) is 2.97. The third-order valence-electron chi connectivity index (χ3n) is 4.63. The highest BCUT2D eigenvalue weighted by molar-refractivity contribution is 5.94. The molecule has 1 N–H and O–H groups in total. The summed E-state index contributed by atoms with van der Waals surface area (Å²) in [6.07, 6.45) is 8.16. The lowest BCUT2D eigenvalue weighted by Gasteiger charge is -2.36. The molecule has 2 unspecified atom stereocenters. The van der Waals surface area contributed by atoms with Gasteiger partial charge in [0.1, 0.15) is 11.9 Å². The van der Waals surface area contributed by atoms with Crippen molar-refractivity contribution in [2.24, 2.45) is 0 Å². The molecule has 1 aromatic rings. The molecule has 3 rings (SSSR count). The van der Waals surface area contributed by atoms with E-state index in [0.717, 1.165) is 37.3 Å². The van der Waals surface area contributed by atoms with Crippen LogP contribution >= 0.6 is 0 Å². The van der Waals surface area contributed by atoms with Crippen LogP contribution in [0.3, 0.4) is 0 Å². The van der Waals surface area contributed by atoms with Gasteiger partial charge in [0, 0.05) is 19.2 Å². The molecule has 3 heterocycles. The third kappa shape index (κ3) is 3.40. The van der Waals surface area contributed by atoms with Gasteiger partial charge in [0.15, 0.2) is 0 Å². The minimum Gasteiger partial charge on any atom is -0.368 e. The van der Waals surface area contributed by atoms with Crippen LogP contribution in [-0.2, 0) is 9.53 Å². The maximum atomic E-state index is 12.0. The maximum Gasteiger partial charge on any atom is 0.253 e. The van der Waals surface area contributed by atoms with Gasteiger partial charge < -0.3 is 15.0 Å². The monoisotopic (exact) mass is 303 g/mol. The van der Waals surface area contributed by atoms with Gasteiger partial charge in [0.05, 0.1) is 11.9 Å². The number of carbonyl (C=O) groups excluding carboxylic acids is 1. The Labute approximate surface area is 132 Å². The number of aromatic nitrogens is 1. The second-order valence-corrected chi connectivity index (χ2v) is 6.15. The van der Waals surface area contributed by atoms with E-state index in [9.17, 15) is 4.79 Å². The van der Waals surface area contributed by atoms with Gasteiger partial charge in [-0.05, 0) is 50.7 Å². The van der Waals surface area contributed by atoms with Gasteiger partial charge >= 0.3 is 0 Å². The minimum absolute atomic E-state index is 0.0588. The zero-order valence-corrected chi connectivity index (χ0v) is 13.3. The van der Waals surface area contributed by atoms with Crippen LogP contribution < -0.4 is 10.2 Å². The lowest BCUT2D eigenvalue weighted by Crippen LogP contribution is -2.39. The number of nitrogens with one attached hydrogen (secondary N) is 1. The Bertz CT molecular complexity index is 497. The number of anilines is 2. The minimum atomic E-state index is -0.300. The molecule has 1 amide bonds. The summed E-state index contributed by atoms with van der Waals surface area (Å²) in [7, 11) is 0. The molecule has 2 aliphatic rings. The van der Waals surface area contributed by atoms with E-state index in [1.165, 1.54) is 19.3 Å². The number of pyridine rings is 1. The first-order valence-corrected chi connectivity index (χ1v) is 8.43. The number of amides is 1. The Morgan fingerprint density at radius 2 is 2.27 bits per heavy atom. The maximum absolute atomic E-state index is 12.0.